The van der Waals surface area contributed by atoms with Crippen LogP contribution in [-0.2, 0) is 24.3 Å². The van der Waals surface area contributed by atoms with Crippen LogP contribution < -0.4 is 10.4 Å². The molecule has 2 atom stereocenters. The van der Waals surface area contributed by atoms with E-state index in [0.717, 1.165) is 21.5 Å². The van der Waals surface area contributed by atoms with Gasteiger partial charge in [-0.15, -0.1) is 0 Å². The summed E-state index contributed by atoms with van der Waals surface area (Å²) in [5, 5.41) is 0.866. The fourth-order valence-electron chi connectivity index (χ4n) is 6.12. The summed E-state index contributed by atoms with van der Waals surface area (Å²) < 4.78 is 64.4. The van der Waals surface area contributed by atoms with Gasteiger partial charge in [-0.2, -0.15) is 0 Å². The van der Waals surface area contributed by atoms with Crippen LogP contribution in [0.1, 0.15) is 38.3 Å². The van der Waals surface area contributed by atoms with Crippen molar-refractivity contribution in [2.45, 2.75) is 67.2 Å². The SMILES string of the molecule is Cc1ccc(S(=O)(=O)[C@@H]2C=CN(S(=O)(=O)c3ccc(C)cc3)[C@@H](CO[Si](c3ccccc3)(c3ccccc3)C(C)(C)C)C2)cc1. The second-order valence-corrected chi connectivity index (χ2v) is 21.1. The molecule has 0 fully saturated rings. The van der Waals surface area contributed by atoms with Gasteiger partial charge in [0.25, 0.3) is 18.3 Å². The van der Waals surface area contributed by atoms with Gasteiger partial charge in [-0.3, -0.25) is 4.31 Å². The summed E-state index contributed by atoms with van der Waals surface area (Å²) in [5.74, 6) is 0. The Morgan fingerprint density at radius 1 is 0.711 bits per heavy atom. The van der Waals surface area contributed by atoms with E-state index >= 15 is 0 Å². The van der Waals surface area contributed by atoms with Gasteiger partial charge in [0, 0.05) is 6.20 Å². The minimum absolute atomic E-state index is 0.0165. The third-order valence-electron chi connectivity index (χ3n) is 8.57. The van der Waals surface area contributed by atoms with Crippen molar-refractivity contribution in [3.05, 3.63) is 133 Å². The number of rotatable bonds is 9. The molecule has 0 unspecified atom stereocenters. The molecule has 6 nitrogen and oxygen atoms in total. The smallest absolute Gasteiger partial charge is 0.264 e. The molecule has 0 saturated heterocycles. The van der Waals surface area contributed by atoms with Crippen molar-refractivity contribution in [1.29, 1.82) is 0 Å². The Balaban J connectivity index is 1.60. The first-order valence-corrected chi connectivity index (χ1v) is 20.0. The van der Waals surface area contributed by atoms with Crippen molar-refractivity contribution in [2.75, 3.05) is 6.61 Å². The second-order valence-electron chi connectivity index (χ2n) is 12.7. The van der Waals surface area contributed by atoms with Crippen LogP contribution in [0.4, 0.5) is 0 Å². The highest BCUT2D eigenvalue weighted by Crippen LogP contribution is 2.38. The Kier molecular flexibility index (Phi) is 9.29. The van der Waals surface area contributed by atoms with Gasteiger partial charge < -0.3 is 4.43 Å². The maximum absolute atomic E-state index is 14.1. The number of aryl methyl sites for hydroxylation is 2. The largest absolute Gasteiger partial charge is 0.405 e. The maximum Gasteiger partial charge on any atom is 0.264 e. The Bertz CT molecular complexity index is 1810. The highest BCUT2D eigenvalue weighted by atomic mass is 32.2. The molecule has 9 heteroatoms. The van der Waals surface area contributed by atoms with E-state index in [-0.39, 0.29) is 27.9 Å². The first-order chi connectivity index (χ1) is 21.3. The third-order valence-corrected chi connectivity index (χ3v) is 17.5. The number of hydrogen-bond acceptors (Lipinski definition) is 5. The molecule has 5 rings (SSSR count). The monoisotopic (exact) mass is 659 g/mol. The predicted molar refractivity (Wildman–Crippen MR) is 183 cm³/mol. The zero-order chi connectivity index (χ0) is 32.5. The molecule has 0 aliphatic carbocycles. The number of hydrogen-bond donors (Lipinski definition) is 0. The molecule has 4 aromatic rings. The van der Waals surface area contributed by atoms with E-state index in [1.54, 1.807) is 48.5 Å². The molecule has 0 bridgehead atoms. The van der Waals surface area contributed by atoms with Gasteiger partial charge in [0.05, 0.1) is 27.7 Å². The molecule has 0 aromatic heterocycles. The molecule has 1 heterocycles. The summed E-state index contributed by atoms with van der Waals surface area (Å²) in [6.45, 7) is 10.3. The summed E-state index contributed by atoms with van der Waals surface area (Å²) in [5.41, 5.74) is 1.90. The van der Waals surface area contributed by atoms with Crippen LogP contribution in [0.3, 0.4) is 0 Å². The number of sulfonamides is 1. The fraction of sp³-hybridized carbons (Fsp3) is 0.278. The zero-order valence-electron chi connectivity index (χ0n) is 26.4. The minimum atomic E-state index is -4.01. The van der Waals surface area contributed by atoms with Crippen molar-refractivity contribution in [1.82, 2.24) is 4.31 Å². The van der Waals surface area contributed by atoms with Gasteiger partial charge in [0.2, 0.25) is 0 Å². The lowest BCUT2D eigenvalue weighted by atomic mass is 10.1. The Hall–Kier alpha value is -3.50. The van der Waals surface area contributed by atoms with E-state index in [4.69, 9.17) is 4.43 Å². The Morgan fingerprint density at radius 2 is 1.18 bits per heavy atom. The van der Waals surface area contributed by atoms with Crippen LogP contribution in [0.25, 0.3) is 0 Å². The van der Waals surface area contributed by atoms with Gasteiger partial charge in [-0.1, -0.05) is 117 Å². The zero-order valence-corrected chi connectivity index (χ0v) is 29.1. The van der Waals surface area contributed by atoms with E-state index in [2.05, 4.69) is 45.0 Å². The first-order valence-electron chi connectivity index (χ1n) is 15.1. The lowest BCUT2D eigenvalue weighted by Gasteiger charge is -2.45. The Morgan fingerprint density at radius 3 is 1.64 bits per heavy atom. The van der Waals surface area contributed by atoms with Crippen molar-refractivity contribution in [3.8, 4) is 0 Å². The molecule has 236 valence electrons. The highest BCUT2D eigenvalue weighted by Gasteiger charge is 2.51. The molecule has 0 saturated carbocycles. The van der Waals surface area contributed by atoms with Gasteiger partial charge in [-0.05, 0) is 66.0 Å². The normalized spacial score (nSPS) is 17.8. The van der Waals surface area contributed by atoms with E-state index in [0.29, 0.717) is 0 Å². The number of nitrogens with zero attached hydrogens (tertiary/aromatic N) is 1. The average Bonchev–Trinajstić information content (AvgIpc) is 3.02. The van der Waals surface area contributed by atoms with Crippen LogP contribution in [0.2, 0.25) is 5.04 Å². The number of sulfone groups is 1. The number of benzene rings is 4. The van der Waals surface area contributed by atoms with Crippen LogP contribution in [-0.4, -0.2) is 47.4 Å². The minimum Gasteiger partial charge on any atom is -0.405 e. The summed E-state index contributed by atoms with van der Waals surface area (Å²) in [4.78, 5) is 0.359. The van der Waals surface area contributed by atoms with Crippen LogP contribution in [0, 0.1) is 13.8 Å². The fourth-order valence-corrected chi connectivity index (χ4v) is 13.8. The van der Waals surface area contributed by atoms with Crippen LogP contribution in [0.15, 0.2) is 131 Å². The van der Waals surface area contributed by atoms with E-state index < -0.39 is 39.5 Å². The predicted octanol–water partition coefficient (Wildman–Crippen LogP) is 6.00. The second kappa shape index (κ2) is 12.7. The lowest BCUT2D eigenvalue weighted by Crippen LogP contribution is -2.67. The van der Waals surface area contributed by atoms with Crippen molar-refractivity contribution in [3.63, 3.8) is 0 Å². The average molecular weight is 660 g/mol. The van der Waals surface area contributed by atoms with Crippen molar-refractivity contribution >= 4 is 38.6 Å². The molecule has 1 aliphatic rings. The topological polar surface area (TPSA) is 80.8 Å². The Labute approximate surface area is 269 Å². The van der Waals surface area contributed by atoms with E-state index in [1.807, 2.05) is 50.2 Å². The molecule has 0 amide bonds. The van der Waals surface area contributed by atoms with Crippen LogP contribution in [0.5, 0.6) is 0 Å². The summed E-state index contributed by atoms with van der Waals surface area (Å²) in [6.07, 6.45) is 2.98. The molecule has 0 N–H and O–H groups in total. The van der Waals surface area contributed by atoms with Gasteiger partial charge in [-0.25, -0.2) is 16.8 Å². The van der Waals surface area contributed by atoms with Gasteiger partial charge >= 0.3 is 0 Å². The van der Waals surface area contributed by atoms with Gasteiger partial charge in [0.1, 0.15) is 0 Å². The highest BCUT2D eigenvalue weighted by molar-refractivity contribution is 7.92. The molecule has 1 aliphatic heterocycles. The summed E-state index contributed by atoms with van der Waals surface area (Å²) in [6, 6.07) is 33.0. The van der Waals surface area contributed by atoms with Crippen molar-refractivity contribution in [2.24, 2.45) is 0 Å². The van der Waals surface area contributed by atoms with E-state index in [1.165, 1.54) is 16.6 Å². The van der Waals surface area contributed by atoms with Crippen molar-refractivity contribution < 1.29 is 21.3 Å². The quantitative estimate of drug-likeness (QED) is 0.206. The summed E-state index contributed by atoms with van der Waals surface area (Å²) in [7, 11) is -10.8. The third kappa shape index (κ3) is 6.45. The molecule has 4 aromatic carbocycles. The lowest BCUT2D eigenvalue weighted by molar-refractivity contribution is 0.208. The molecular weight excluding hydrogens is 619 g/mol. The van der Waals surface area contributed by atoms with Crippen LogP contribution >= 0.6 is 0 Å². The molecule has 0 spiro atoms. The van der Waals surface area contributed by atoms with E-state index in [9.17, 15) is 16.8 Å². The van der Waals surface area contributed by atoms with Gasteiger partial charge in [0.15, 0.2) is 9.84 Å². The molecular formula is C36H41NO5S2Si. The summed E-state index contributed by atoms with van der Waals surface area (Å²) >= 11 is 0. The standard InChI is InChI=1S/C36H41NO5S2Si/c1-28-16-20-31(21-17-28)43(38,39)33-24-25-37(44(40,41)32-22-18-29(2)19-23-32)30(26-33)27-42-45(36(3,4)5,34-12-8-6-9-13-34)35-14-10-7-11-15-35/h6-25,30,33H,26-27H2,1-5H3/t30-,33-/m1/s1. The molecule has 45 heavy (non-hydrogen) atoms. The first kappa shape index (κ1) is 32.9. The maximum atomic E-state index is 14.1. The molecule has 0 radical (unpaired) electrons.